The number of hydrogen-bond donors (Lipinski definition) is 2. The lowest BCUT2D eigenvalue weighted by atomic mass is 10.2. The summed E-state index contributed by atoms with van der Waals surface area (Å²) in [5, 5.41) is 5.21. The van der Waals surface area contributed by atoms with Gasteiger partial charge in [-0.15, -0.1) is 0 Å². The van der Waals surface area contributed by atoms with E-state index in [1.54, 1.807) is 33.1 Å². The molecule has 0 bridgehead atoms. The van der Waals surface area contributed by atoms with E-state index in [0.29, 0.717) is 12.3 Å². The molecule has 31 heavy (non-hydrogen) atoms. The molecule has 0 saturated heterocycles. The van der Waals surface area contributed by atoms with E-state index in [2.05, 4.69) is 10.6 Å². The standard InChI is InChI=1S/C21H26ClN3O5S/c1-4-25(5-2)31(28,29)19-12-16(8-11-18(19)22)21(27)24-14-20(26)23-13-15-6-9-17(30-3)10-7-15/h6-12H,4-5,13-14H2,1-3H3,(H,23,26)(H,24,27). The summed E-state index contributed by atoms with van der Waals surface area (Å²) < 4.78 is 31.8. The van der Waals surface area contributed by atoms with E-state index in [1.807, 2.05) is 12.1 Å². The van der Waals surface area contributed by atoms with Gasteiger partial charge in [0.25, 0.3) is 5.91 Å². The molecule has 0 radical (unpaired) electrons. The molecule has 168 valence electrons. The Bertz CT molecular complexity index is 1020. The van der Waals surface area contributed by atoms with Crippen LogP contribution in [0.4, 0.5) is 0 Å². The monoisotopic (exact) mass is 467 g/mol. The van der Waals surface area contributed by atoms with Crippen molar-refractivity contribution >= 4 is 33.4 Å². The minimum absolute atomic E-state index is 0.0284. The summed E-state index contributed by atoms with van der Waals surface area (Å²) in [5.41, 5.74) is 0.975. The van der Waals surface area contributed by atoms with Crippen LogP contribution >= 0.6 is 11.6 Å². The Labute approximate surface area is 187 Å². The first-order chi connectivity index (χ1) is 14.7. The molecule has 0 aliphatic rings. The fraction of sp³-hybridized carbons (Fsp3) is 0.333. The molecule has 0 aliphatic heterocycles. The highest BCUT2D eigenvalue weighted by molar-refractivity contribution is 7.89. The number of halogens is 1. The van der Waals surface area contributed by atoms with Gasteiger partial charge in [-0.2, -0.15) is 4.31 Å². The minimum Gasteiger partial charge on any atom is -0.497 e. The Morgan fingerprint density at radius 2 is 1.68 bits per heavy atom. The number of ether oxygens (including phenoxy) is 1. The highest BCUT2D eigenvalue weighted by Gasteiger charge is 2.25. The lowest BCUT2D eigenvalue weighted by Crippen LogP contribution is -2.36. The molecule has 8 nitrogen and oxygen atoms in total. The van der Waals surface area contributed by atoms with Gasteiger partial charge in [0, 0.05) is 25.2 Å². The first kappa shape index (κ1) is 24.6. The van der Waals surface area contributed by atoms with E-state index in [0.717, 1.165) is 5.56 Å². The largest absolute Gasteiger partial charge is 0.497 e. The number of carbonyl (C=O) groups excluding carboxylic acids is 2. The Balaban J connectivity index is 1.99. The van der Waals surface area contributed by atoms with Crippen molar-refractivity contribution in [3.05, 3.63) is 58.6 Å². The van der Waals surface area contributed by atoms with Gasteiger partial charge in [0.05, 0.1) is 18.7 Å². The van der Waals surface area contributed by atoms with Gasteiger partial charge in [0.15, 0.2) is 0 Å². The zero-order chi connectivity index (χ0) is 23.0. The van der Waals surface area contributed by atoms with Crippen LogP contribution in [0.15, 0.2) is 47.4 Å². The van der Waals surface area contributed by atoms with E-state index in [9.17, 15) is 18.0 Å². The average Bonchev–Trinajstić information content (AvgIpc) is 2.77. The molecule has 0 saturated carbocycles. The number of methoxy groups -OCH3 is 1. The second-order valence-electron chi connectivity index (χ2n) is 6.54. The molecule has 10 heteroatoms. The summed E-state index contributed by atoms with van der Waals surface area (Å²) in [4.78, 5) is 24.3. The van der Waals surface area contributed by atoms with Gasteiger partial charge < -0.3 is 15.4 Å². The van der Waals surface area contributed by atoms with Crippen LogP contribution in [0.2, 0.25) is 5.02 Å². The molecule has 2 rings (SSSR count). The maximum atomic E-state index is 12.8. The summed E-state index contributed by atoms with van der Waals surface area (Å²) in [6, 6.07) is 11.2. The number of nitrogens with one attached hydrogen (secondary N) is 2. The molecule has 2 aromatic carbocycles. The molecule has 0 unspecified atom stereocenters. The van der Waals surface area contributed by atoms with Crippen molar-refractivity contribution in [1.82, 2.24) is 14.9 Å². The quantitative estimate of drug-likeness (QED) is 0.558. The van der Waals surface area contributed by atoms with Gasteiger partial charge in [-0.25, -0.2) is 8.42 Å². The maximum Gasteiger partial charge on any atom is 0.251 e. The van der Waals surface area contributed by atoms with Crippen LogP contribution in [0.25, 0.3) is 0 Å². The number of carbonyl (C=O) groups is 2. The number of benzene rings is 2. The molecule has 0 spiro atoms. The molecule has 2 aromatic rings. The van der Waals surface area contributed by atoms with E-state index in [1.165, 1.54) is 22.5 Å². The summed E-state index contributed by atoms with van der Waals surface area (Å²) in [7, 11) is -2.26. The molecule has 0 aromatic heterocycles. The molecular weight excluding hydrogens is 442 g/mol. The van der Waals surface area contributed by atoms with E-state index >= 15 is 0 Å². The fourth-order valence-electron chi connectivity index (χ4n) is 2.81. The smallest absolute Gasteiger partial charge is 0.251 e. The van der Waals surface area contributed by atoms with Gasteiger partial charge >= 0.3 is 0 Å². The maximum absolute atomic E-state index is 12.8. The SMILES string of the molecule is CCN(CC)S(=O)(=O)c1cc(C(=O)NCC(=O)NCc2ccc(OC)cc2)ccc1Cl. The van der Waals surface area contributed by atoms with Crippen molar-refractivity contribution in [2.45, 2.75) is 25.3 Å². The lowest BCUT2D eigenvalue weighted by Gasteiger charge is -2.19. The van der Waals surface area contributed by atoms with Crippen LogP contribution in [-0.2, 0) is 21.4 Å². The van der Waals surface area contributed by atoms with Crippen LogP contribution in [0.3, 0.4) is 0 Å². The van der Waals surface area contributed by atoms with Crippen molar-refractivity contribution in [2.24, 2.45) is 0 Å². The lowest BCUT2D eigenvalue weighted by molar-refractivity contribution is -0.120. The Kier molecular flexibility index (Phi) is 8.85. The summed E-state index contributed by atoms with van der Waals surface area (Å²) in [6.07, 6.45) is 0. The first-order valence-corrected chi connectivity index (χ1v) is 11.5. The predicted molar refractivity (Wildman–Crippen MR) is 119 cm³/mol. The Morgan fingerprint density at radius 1 is 1.03 bits per heavy atom. The van der Waals surface area contributed by atoms with Crippen molar-refractivity contribution in [3.63, 3.8) is 0 Å². The predicted octanol–water partition coefficient (Wildman–Crippen LogP) is 2.43. The van der Waals surface area contributed by atoms with E-state index in [4.69, 9.17) is 16.3 Å². The third-order valence-corrected chi connectivity index (χ3v) is 7.11. The van der Waals surface area contributed by atoms with Gasteiger partial charge in [-0.05, 0) is 35.9 Å². The molecule has 2 N–H and O–H groups in total. The van der Waals surface area contributed by atoms with Crippen LogP contribution < -0.4 is 15.4 Å². The molecule has 0 aliphatic carbocycles. The fourth-order valence-corrected chi connectivity index (χ4v) is 4.77. The number of nitrogens with zero attached hydrogens (tertiary/aromatic N) is 1. The van der Waals surface area contributed by atoms with Crippen molar-refractivity contribution in [1.29, 1.82) is 0 Å². The molecule has 2 amide bonds. The molecular formula is C21H26ClN3O5S. The summed E-state index contributed by atoms with van der Waals surface area (Å²) in [5.74, 6) is -0.242. The summed E-state index contributed by atoms with van der Waals surface area (Å²) in [6.45, 7) is 4.04. The molecule has 0 fully saturated rings. The zero-order valence-electron chi connectivity index (χ0n) is 17.6. The Hall–Kier alpha value is -2.62. The zero-order valence-corrected chi connectivity index (χ0v) is 19.2. The molecule has 0 heterocycles. The highest BCUT2D eigenvalue weighted by Crippen LogP contribution is 2.25. The van der Waals surface area contributed by atoms with E-state index in [-0.39, 0.29) is 41.0 Å². The number of amides is 2. The van der Waals surface area contributed by atoms with E-state index < -0.39 is 15.9 Å². The van der Waals surface area contributed by atoms with Crippen LogP contribution in [0.1, 0.15) is 29.8 Å². The Morgan fingerprint density at radius 3 is 2.26 bits per heavy atom. The second-order valence-corrected chi connectivity index (χ2v) is 8.86. The van der Waals surface area contributed by atoms with Gasteiger partial charge in [-0.3, -0.25) is 9.59 Å². The van der Waals surface area contributed by atoms with Gasteiger partial charge in [0.2, 0.25) is 15.9 Å². The first-order valence-electron chi connectivity index (χ1n) is 9.70. The molecule has 0 atom stereocenters. The minimum atomic E-state index is -3.83. The third-order valence-electron chi connectivity index (χ3n) is 4.57. The second kappa shape index (κ2) is 11.1. The van der Waals surface area contributed by atoms with Crippen molar-refractivity contribution in [2.75, 3.05) is 26.7 Å². The van der Waals surface area contributed by atoms with Crippen LogP contribution in [-0.4, -0.2) is 51.3 Å². The number of sulfonamides is 1. The normalized spacial score (nSPS) is 11.3. The van der Waals surface area contributed by atoms with Gasteiger partial charge in [0.1, 0.15) is 10.6 Å². The van der Waals surface area contributed by atoms with Crippen LogP contribution in [0.5, 0.6) is 5.75 Å². The van der Waals surface area contributed by atoms with Crippen LogP contribution in [0, 0.1) is 0 Å². The van der Waals surface area contributed by atoms with Crippen molar-refractivity contribution < 1.29 is 22.7 Å². The number of hydrogen-bond acceptors (Lipinski definition) is 5. The topological polar surface area (TPSA) is 105 Å². The van der Waals surface area contributed by atoms with Gasteiger partial charge in [-0.1, -0.05) is 37.6 Å². The third kappa shape index (κ3) is 6.43. The van der Waals surface area contributed by atoms with Crippen molar-refractivity contribution in [3.8, 4) is 5.75 Å². The summed E-state index contributed by atoms with van der Waals surface area (Å²) >= 11 is 6.08. The highest BCUT2D eigenvalue weighted by atomic mass is 35.5. The average molecular weight is 468 g/mol. The number of rotatable bonds is 10.